The molecule has 1 aliphatic heterocycles. The van der Waals surface area contributed by atoms with Crippen molar-refractivity contribution in [2.45, 2.75) is 18.9 Å². The summed E-state index contributed by atoms with van der Waals surface area (Å²) in [6.07, 6.45) is 2.57. The third-order valence-corrected chi connectivity index (χ3v) is 5.89. The van der Waals surface area contributed by atoms with E-state index in [0.717, 1.165) is 41.7 Å². The number of rotatable bonds is 2. The fourth-order valence-corrected chi connectivity index (χ4v) is 4.41. The summed E-state index contributed by atoms with van der Waals surface area (Å²) in [5.74, 6) is -0.0583. The first-order chi connectivity index (χ1) is 14.2. The molecule has 29 heavy (non-hydrogen) atoms. The van der Waals surface area contributed by atoms with E-state index in [9.17, 15) is 0 Å². The minimum atomic E-state index is -0.0957. The fraction of sp³-hybridized carbons (Fsp3) is 0.200. The zero-order chi connectivity index (χ0) is 19.8. The van der Waals surface area contributed by atoms with Gasteiger partial charge in [0.25, 0.3) is 0 Å². The SMILES string of the molecule is CN1CCC(c2ccc3ccccc3c2F)c2ccc(-c3cccnn3)cc2C1. The van der Waals surface area contributed by atoms with Gasteiger partial charge in [0.1, 0.15) is 5.82 Å². The molecule has 0 saturated heterocycles. The molecule has 0 saturated carbocycles. The summed E-state index contributed by atoms with van der Waals surface area (Å²) in [6, 6.07) is 22.0. The van der Waals surface area contributed by atoms with Crippen molar-refractivity contribution < 1.29 is 4.39 Å². The number of nitrogens with zero attached hydrogens (tertiary/aromatic N) is 3. The van der Waals surface area contributed by atoms with E-state index in [0.29, 0.717) is 5.39 Å². The summed E-state index contributed by atoms with van der Waals surface area (Å²) in [4.78, 5) is 2.30. The standard InChI is InChI=1S/C25H22FN3/c1-29-14-12-22(23-11-8-17-5-2-3-6-21(17)25(23)26)20-10-9-18(15-19(20)16-29)24-7-4-13-27-28-24/h2-11,13,15,22H,12,14,16H2,1H3. The third-order valence-electron chi connectivity index (χ3n) is 5.89. The highest BCUT2D eigenvalue weighted by molar-refractivity contribution is 5.84. The monoisotopic (exact) mass is 383 g/mol. The van der Waals surface area contributed by atoms with Gasteiger partial charge in [-0.15, -0.1) is 0 Å². The molecule has 1 aliphatic rings. The molecule has 0 fully saturated rings. The average Bonchev–Trinajstić information content (AvgIpc) is 2.92. The van der Waals surface area contributed by atoms with Crippen LogP contribution in [0.15, 0.2) is 72.9 Å². The number of hydrogen-bond acceptors (Lipinski definition) is 3. The van der Waals surface area contributed by atoms with E-state index in [1.165, 1.54) is 11.1 Å². The van der Waals surface area contributed by atoms with E-state index in [1.807, 2.05) is 48.5 Å². The minimum Gasteiger partial charge on any atom is -0.302 e. The molecule has 0 radical (unpaired) electrons. The highest BCUT2D eigenvalue weighted by Crippen LogP contribution is 2.38. The van der Waals surface area contributed by atoms with Crippen LogP contribution in [0.5, 0.6) is 0 Å². The van der Waals surface area contributed by atoms with Crippen LogP contribution in [-0.4, -0.2) is 28.7 Å². The topological polar surface area (TPSA) is 29.0 Å². The largest absolute Gasteiger partial charge is 0.302 e. The van der Waals surface area contributed by atoms with Crippen LogP contribution in [0, 0.1) is 5.82 Å². The molecule has 1 atom stereocenters. The van der Waals surface area contributed by atoms with Crippen molar-refractivity contribution in [2.24, 2.45) is 0 Å². The van der Waals surface area contributed by atoms with Crippen molar-refractivity contribution in [1.29, 1.82) is 0 Å². The number of fused-ring (bicyclic) bond motifs is 2. The van der Waals surface area contributed by atoms with Gasteiger partial charge >= 0.3 is 0 Å². The number of benzene rings is 3. The quantitative estimate of drug-likeness (QED) is 0.464. The van der Waals surface area contributed by atoms with Crippen molar-refractivity contribution in [1.82, 2.24) is 15.1 Å². The molecular formula is C25H22FN3. The lowest BCUT2D eigenvalue weighted by Gasteiger charge is -2.20. The molecule has 0 spiro atoms. The maximum absolute atomic E-state index is 15.5. The second-order valence-electron chi connectivity index (χ2n) is 7.79. The lowest BCUT2D eigenvalue weighted by molar-refractivity contribution is 0.328. The number of hydrogen-bond donors (Lipinski definition) is 0. The van der Waals surface area contributed by atoms with E-state index in [2.05, 4.69) is 40.3 Å². The average molecular weight is 383 g/mol. The van der Waals surface area contributed by atoms with Crippen LogP contribution in [0.25, 0.3) is 22.0 Å². The Morgan fingerprint density at radius 1 is 0.966 bits per heavy atom. The fourth-order valence-electron chi connectivity index (χ4n) is 4.41. The Balaban J connectivity index is 1.64. The predicted molar refractivity (Wildman–Crippen MR) is 114 cm³/mol. The molecule has 0 amide bonds. The Morgan fingerprint density at radius 3 is 2.69 bits per heavy atom. The lowest BCUT2D eigenvalue weighted by Crippen LogP contribution is -2.17. The van der Waals surface area contributed by atoms with Crippen molar-refractivity contribution in [3.63, 3.8) is 0 Å². The first-order valence-electron chi connectivity index (χ1n) is 9.97. The smallest absolute Gasteiger partial charge is 0.134 e. The highest BCUT2D eigenvalue weighted by atomic mass is 19.1. The Bertz CT molecular complexity index is 1170. The minimum absolute atomic E-state index is 0.0375. The normalized spacial score (nSPS) is 17.1. The van der Waals surface area contributed by atoms with Gasteiger partial charge in [0, 0.05) is 29.6 Å². The molecule has 144 valence electrons. The predicted octanol–water partition coefficient (Wildman–Crippen LogP) is 5.40. The zero-order valence-corrected chi connectivity index (χ0v) is 16.3. The highest BCUT2D eigenvalue weighted by Gasteiger charge is 2.25. The van der Waals surface area contributed by atoms with Crippen molar-refractivity contribution in [3.8, 4) is 11.3 Å². The summed E-state index contributed by atoms with van der Waals surface area (Å²) in [6.45, 7) is 1.77. The molecule has 0 aliphatic carbocycles. The van der Waals surface area contributed by atoms with Crippen LogP contribution in [-0.2, 0) is 6.54 Å². The van der Waals surface area contributed by atoms with E-state index < -0.39 is 0 Å². The van der Waals surface area contributed by atoms with Crippen molar-refractivity contribution in [2.75, 3.05) is 13.6 Å². The van der Waals surface area contributed by atoms with Gasteiger partial charge in [0.15, 0.2) is 0 Å². The molecule has 5 rings (SSSR count). The Morgan fingerprint density at radius 2 is 1.83 bits per heavy atom. The Kier molecular flexibility index (Phi) is 4.57. The molecule has 3 nitrogen and oxygen atoms in total. The van der Waals surface area contributed by atoms with Crippen LogP contribution in [0.4, 0.5) is 4.39 Å². The van der Waals surface area contributed by atoms with Gasteiger partial charge < -0.3 is 4.90 Å². The van der Waals surface area contributed by atoms with E-state index in [1.54, 1.807) is 6.20 Å². The molecular weight excluding hydrogens is 361 g/mol. The Hall–Kier alpha value is -3.11. The molecule has 4 aromatic rings. The summed E-state index contributed by atoms with van der Waals surface area (Å²) < 4.78 is 15.5. The van der Waals surface area contributed by atoms with Gasteiger partial charge in [0.05, 0.1) is 5.69 Å². The maximum Gasteiger partial charge on any atom is 0.134 e. The van der Waals surface area contributed by atoms with E-state index in [4.69, 9.17) is 0 Å². The van der Waals surface area contributed by atoms with Gasteiger partial charge in [0.2, 0.25) is 0 Å². The molecule has 0 bridgehead atoms. The van der Waals surface area contributed by atoms with Gasteiger partial charge in [-0.1, -0.05) is 48.5 Å². The summed E-state index contributed by atoms with van der Waals surface area (Å²) in [5, 5.41) is 9.88. The molecule has 0 N–H and O–H groups in total. The molecule has 1 unspecified atom stereocenters. The second kappa shape index (κ2) is 7.37. The van der Waals surface area contributed by atoms with Crippen LogP contribution in [0.2, 0.25) is 0 Å². The summed E-state index contributed by atoms with van der Waals surface area (Å²) >= 11 is 0. The van der Waals surface area contributed by atoms with Gasteiger partial charge in [-0.2, -0.15) is 10.2 Å². The first kappa shape index (κ1) is 18.0. The van der Waals surface area contributed by atoms with Crippen LogP contribution >= 0.6 is 0 Å². The van der Waals surface area contributed by atoms with Crippen LogP contribution in [0.3, 0.4) is 0 Å². The zero-order valence-electron chi connectivity index (χ0n) is 16.3. The second-order valence-corrected chi connectivity index (χ2v) is 7.79. The first-order valence-corrected chi connectivity index (χ1v) is 9.97. The Labute approximate surface area is 169 Å². The van der Waals surface area contributed by atoms with Crippen molar-refractivity contribution >= 4 is 10.8 Å². The van der Waals surface area contributed by atoms with E-state index >= 15 is 4.39 Å². The lowest BCUT2D eigenvalue weighted by atomic mass is 9.84. The molecule has 4 heteroatoms. The summed E-state index contributed by atoms with van der Waals surface area (Å²) in [5.41, 5.74) is 5.12. The van der Waals surface area contributed by atoms with Gasteiger partial charge in [-0.05, 0) is 60.3 Å². The van der Waals surface area contributed by atoms with E-state index in [-0.39, 0.29) is 11.7 Å². The maximum atomic E-state index is 15.5. The number of halogens is 1. The van der Waals surface area contributed by atoms with Crippen molar-refractivity contribution in [3.05, 3.63) is 95.4 Å². The third kappa shape index (κ3) is 3.30. The van der Waals surface area contributed by atoms with Gasteiger partial charge in [-0.3, -0.25) is 0 Å². The van der Waals surface area contributed by atoms with Gasteiger partial charge in [-0.25, -0.2) is 4.39 Å². The van der Waals surface area contributed by atoms with Crippen LogP contribution in [0.1, 0.15) is 29.0 Å². The molecule has 3 aromatic carbocycles. The molecule has 1 aromatic heterocycles. The summed E-state index contributed by atoms with van der Waals surface area (Å²) in [7, 11) is 2.12. The molecule has 2 heterocycles. The number of aromatic nitrogens is 2. The van der Waals surface area contributed by atoms with Crippen LogP contribution < -0.4 is 0 Å².